The van der Waals surface area contributed by atoms with E-state index in [4.69, 9.17) is 5.26 Å². The minimum atomic E-state index is -4.58. The lowest BCUT2D eigenvalue weighted by atomic mass is 9.90. The summed E-state index contributed by atoms with van der Waals surface area (Å²) in [5, 5.41) is 20.2. The third-order valence-corrected chi connectivity index (χ3v) is 2.93. The van der Waals surface area contributed by atoms with E-state index in [9.17, 15) is 18.4 Å². The molecule has 0 N–H and O–H groups in total. The van der Waals surface area contributed by atoms with Gasteiger partial charge >= 0.3 is 6.18 Å². The van der Waals surface area contributed by atoms with Crippen molar-refractivity contribution >= 4 is 0 Å². The van der Waals surface area contributed by atoms with Crippen LogP contribution in [-0.4, -0.2) is 0 Å². The van der Waals surface area contributed by atoms with Crippen molar-refractivity contribution in [1.29, 1.82) is 5.26 Å². The van der Waals surface area contributed by atoms with Gasteiger partial charge in [0.25, 0.3) is 0 Å². The SMILES string of the molecule is N#Cc1c[n+]([O-])c2c(c1C(F)(F)F)CCCC2. The van der Waals surface area contributed by atoms with Crippen LogP contribution < -0.4 is 4.73 Å². The molecule has 3 nitrogen and oxygen atoms in total. The molecule has 0 aromatic carbocycles. The molecule has 0 radical (unpaired) electrons. The van der Waals surface area contributed by atoms with Crippen LogP contribution in [0.3, 0.4) is 0 Å². The van der Waals surface area contributed by atoms with E-state index in [0.29, 0.717) is 24.0 Å². The molecule has 17 heavy (non-hydrogen) atoms. The van der Waals surface area contributed by atoms with Gasteiger partial charge in [0.05, 0.1) is 5.56 Å². The van der Waals surface area contributed by atoms with Crippen molar-refractivity contribution in [2.75, 3.05) is 0 Å². The second-order valence-electron chi connectivity index (χ2n) is 3.99. The Morgan fingerprint density at radius 2 is 1.94 bits per heavy atom. The summed E-state index contributed by atoms with van der Waals surface area (Å²) >= 11 is 0. The van der Waals surface area contributed by atoms with Crippen molar-refractivity contribution in [2.24, 2.45) is 0 Å². The number of rotatable bonds is 0. The topological polar surface area (TPSA) is 50.7 Å². The summed E-state index contributed by atoms with van der Waals surface area (Å²) in [6, 6.07) is 1.45. The van der Waals surface area contributed by atoms with Gasteiger partial charge in [-0.3, -0.25) is 0 Å². The second kappa shape index (κ2) is 3.91. The molecule has 0 saturated heterocycles. The average Bonchev–Trinajstić information content (AvgIpc) is 2.27. The van der Waals surface area contributed by atoms with E-state index < -0.39 is 17.3 Å². The van der Waals surface area contributed by atoms with E-state index in [-0.39, 0.29) is 17.7 Å². The van der Waals surface area contributed by atoms with Gasteiger partial charge in [0.15, 0.2) is 11.9 Å². The summed E-state index contributed by atoms with van der Waals surface area (Å²) in [5.74, 6) is 0. The first kappa shape index (κ1) is 11.7. The number of aromatic nitrogens is 1. The zero-order valence-corrected chi connectivity index (χ0v) is 8.84. The van der Waals surface area contributed by atoms with Gasteiger partial charge in [0, 0.05) is 12.0 Å². The number of hydrogen-bond acceptors (Lipinski definition) is 2. The summed E-state index contributed by atoms with van der Waals surface area (Å²) in [4.78, 5) is 0. The molecule has 0 spiro atoms. The standard InChI is InChI=1S/C11H9F3N2O/c12-11(13,14)10-7(5-15)6-16(17)9-4-2-1-3-8(9)10/h6H,1-4H2. The number of pyridine rings is 1. The fourth-order valence-electron chi connectivity index (χ4n) is 2.23. The minimum absolute atomic E-state index is 0.00204. The minimum Gasteiger partial charge on any atom is -0.618 e. The van der Waals surface area contributed by atoms with Crippen LogP contribution in [0.25, 0.3) is 0 Å². The fourth-order valence-corrected chi connectivity index (χ4v) is 2.23. The number of fused-ring (bicyclic) bond motifs is 1. The third-order valence-electron chi connectivity index (χ3n) is 2.93. The van der Waals surface area contributed by atoms with Crippen LogP contribution in [0.1, 0.15) is 35.2 Å². The molecular weight excluding hydrogens is 233 g/mol. The molecule has 0 atom stereocenters. The van der Waals surface area contributed by atoms with Gasteiger partial charge in [-0.1, -0.05) is 0 Å². The molecule has 0 fully saturated rings. The Hall–Kier alpha value is -1.77. The molecule has 0 aliphatic heterocycles. The first-order chi connectivity index (χ1) is 7.95. The summed E-state index contributed by atoms with van der Waals surface area (Å²) in [5.41, 5.74) is -1.37. The van der Waals surface area contributed by atoms with E-state index >= 15 is 0 Å². The smallest absolute Gasteiger partial charge is 0.418 e. The van der Waals surface area contributed by atoms with Crippen LogP contribution in [0.15, 0.2) is 6.20 Å². The molecule has 90 valence electrons. The molecule has 6 heteroatoms. The van der Waals surface area contributed by atoms with Gasteiger partial charge in [-0.25, -0.2) is 0 Å². The zero-order chi connectivity index (χ0) is 12.6. The van der Waals surface area contributed by atoms with Gasteiger partial charge in [0.2, 0.25) is 0 Å². The molecular formula is C11H9F3N2O. The highest BCUT2D eigenvalue weighted by Gasteiger charge is 2.40. The Bertz CT molecular complexity index is 503. The van der Waals surface area contributed by atoms with Crippen LogP contribution >= 0.6 is 0 Å². The largest absolute Gasteiger partial charge is 0.618 e. The van der Waals surface area contributed by atoms with E-state index in [2.05, 4.69) is 0 Å². The van der Waals surface area contributed by atoms with Crippen molar-refractivity contribution in [1.82, 2.24) is 0 Å². The molecule has 1 aliphatic carbocycles. The summed E-state index contributed by atoms with van der Waals surface area (Å²) < 4.78 is 39.1. The zero-order valence-electron chi connectivity index (χ0n) is 8.84. The van der Waals surface area contributed by atoms with E-state index in [0.717, 1.165) is 6.20 Å². The van der Waals surface area contributed by atoms with Gasteiger partial charge in [-0.05, 0) is 19.3 Å². The molecule has 1 aromatic heterocycles. The molecule has 0 bridgehead atoms. The normalized spacial score (nSPS) is 15.2. The maximum absolute atomic E-state index is 12.9. The Balaban J connectivity index is 2.75. The van der Waals surface area contributed by atoms with Crippen molar-refractivity contribution in [3.05, 3.63) is 33.8 Å². The quantitative estimate of drug-likeness (QED) is 0.516. The van der Waals surface area contributed by atoms with Crippen molar-refractivity contribution in [3.63, 3.8) is 0 Å². The maximum atomic E-state index is 12.9. The van der Waals surface area contributed by atoms with E-state index in [1.165, 1.54) is 6.07 Å². The second-order valence-corrected chi connectivity index (χ2v) is 3.99. The number of halogens is 3. The lowest BCUT2D eigenvalue weighted by Gasteiger charge is -2.20. The number of nitriles is 1. The predicted octanol–water partition coefficient (Wildman–Crippen LogP) is 2.09. The lowest BCUT2D eigenvalue weighted by molar-refractivity contribution is -0.615. The van der Waals surface area contributed by atoms with Crippen LogP contribution in [-0.2, 0) is 19.0 Å². The van der Waals surface area contributed by atoms with Gasteiger partial charge in [0.1, 0.15) is 11.6 Å². The number of hydrogen-bond donors (Lipinski definition) is 0. The molecule has 1 aromatic rings. The summed E-state index contributed by atoms with van der Waals surface area (Å²) in [7, 11) is 0. The number of alkyl halides is 3. The monoisotopic (exact) mass is 242 g/mol. The average molecular weight is 242 g/mol. The van der Waals surface area contributed by atoms with Crippen molar-refractivity contribution < 1.29 is 17.9 Å². The molecule has 1 aliphatic rings. The van der Waals surface area contributed by atoms with E-state index in [1.807, 2.05) is 0 Å². The van der Waals surface area contributed by atoms with Crippen molar-refractivity contribution in [3.8, 4) is 6.07 Å². The van der Waals surface area contributed by atoms with Crippen LogP contribution in [0.5, 0.6) is 0 Å². The highest BCUT2D eigenvalue weighted by molar-refractivity contribution is 5.44. The first-order valence-corrected chi connectivity index (χ1v) is 5.20. The van der Waals surface area contributed by atoms with Gasteiger partial charge < -0.3 is 5.21 Å². The third kappa shape index (κ3) is 1.93. The van der Waals surface area contributed by atoms with Gasteiger partial charge in [-0.15, -0.1) is 0 Å². The molecule has 2 rings (SSSR count). The van der Waals surface area contributed by atoms with Crippen LogP contribution in [0.2, 0.25) is 0 Å². The van der Waals surface area contributed by atoms with Crippen molar-refractivity contribution in [2.45, 2.75) is 31.9 Å². The van der Waals surface area contributed by atoms with Crippen LogP contribution in [0, 0.1) is 16.5 Å². The van der Waals surface area contributed by atoms with Crippen LogP contribution in [0.4, 0.5) is 13.2 Å². The highest BCUT2D eigenvalue weighted by Crippen LogP contribution is 2.37. The maximum Gasteiger partial charge on any atom is 0.418 e. The lowest BCUT2D eigenvalue weighted by Crippen LogP contribution is -2.37. The summed E-state index contributed by atoms with van der Waals surface area (Å²) in [6.45, 7) is 0. The Kier molecular flexibility index (Phi) is 2.69. The molecule has 0 saturated carbocycles. The highest BCUT2D eigenvalue weighted by atomic mass is 19.4. The first-order valence-electron chi connectivity index (χ1n) is 5.20. The molecule has 0 amide bonds. The Morgan fingerprint density at radius 3 is 2.53 bits per heavy atom. The molecule has 0 unspecified atom stereocenters. The predicted molar refractivity (Wildman–Crippen MR) is 51.8 cm³/mol. The van der Waals surface area contributed by atoms with E-state index in [1.54, 1.807) is 0 Å². The summed E-state index contributed by atoms with van der Waals surface area (Å²) in [6.07, 6.45) is -1.98. The Morgan fingerprint density at radius 1 is 1.29 bits per heavy atom. The molecule has 1 heterocycles. The van der Waals surface area contributed by atoms with Gasteiger partial charge in [-0.2, -0.15) is 23.2 Å². The Labute approximate surface area is 95.7 Å². The fraction of sp³-hybridized carbons (Fsp3) is 0.455. The number of nitrogens with zero attached hydrogens (tertiary/aromatic N) is 2.